The fourth-order valence-electron chi connectivity index (χ4n) is 1.03. The van der Waals surface area contributed by atoms with Gasteiger partial charge in [-0.15, -0.1) is 0 Å². The summed E-state index contributed by atoms with van der Waals surface area (Å²) >= 11 is 0. The Morgan fingerprint density at radius 3 is 3.00 bits per heavy atom. The van der Waals surface area contributed by atoms with Gasteiger partial charge in [0.1, 0.15) is 0 Å². The molecule has 0 aromatic carbocycles. The van der Waals surface area contributed by atoms with Gasteiger partial charge in [-0.1, -0.05) is 13.3 Å². The van der Waals surface area contributed by atoms with E-state index in [1.54, 1.807) is 0 Å². The number of hydrogen-bond donors (Lipinski definition) is 2. The van der Waals surface area contributed by atoms with E-state index in [0.717, 1.165) is 19.4 Å². The number of rotatable bonds is 2. The molecule has 0 aromatic heterocycles. The molecule has 0 aliphatic carbocycles. The van der Waals surface area contributed by atoms with Gasteiger partial charge < -0.3 is 10.6 Å². The van der Waals surface area contributed by atoms with Crippen molar-refractivity contribution < 1.29 is 4.79 Å². The second-order valence-electron chi connectivity index (χ2n) is 2.34. The quantitative estimate of drug-likeness (QED) is 0.557. The average molecular weight is 128 g/mol. The van der Waals surface area contributed by atoms with E-state index in [0.29, 0.717) is 6.04 Å². The van der Waals surface area contributed by atoms with Gasteiger partial charge in [0, 0.05) is 12.6 Å². The van der Waals surface area contributed by atoms with Gasteiger partial charge in [0.05, 0.1) is 0 Å². The first-order valence-electron chi connectivity index (χ1n) is 3.37. The first-order valence-corrected chi connectivity index (χ1v) is 3.37. The molecular weight excluding hydrogens is 116 g/mol. The lowest BCUT2D eigenvalue weighted by molar-refractivity contribution is 0.247. The van der Waals surface area contributed by atoms with Crippen molar-refractivity contribution in [3.63, 3.8) is 0 Å². The van der Waals surface area contributed by atoms with E-state index < -0.39 is 0 Å². The third-order valence-electron chi connectivity index (χ3n) is 1.48. The fraction of sp³-hybridized carbons (Fsp3) is 0.833. The largest absolute Gasteiger partial charge is 0.336 e. The predicted molar refractivity (Wildman–Crippen MR) is 35.2 cm³/mol. The molecule has 3 nitrogen and oxygen atoms in total. The number of carbonyl (C=O) groups is 1. The summed E-state index contributed by atoms with van der Waals surface area (Å²) in [5.74, 6) is 0. The van der Waals surface area contributed by atoms with E-state index in [-0.39, 0.29) is 6.03 Å². The Kier molecular flexibility index (Phi) is 1.92. The molecule has 3 heteroatoms. The first kappa shape index (κ1) is 6.39. The standard InChI is InChI=1S/C6H12N2O/c1-2-3-5-4-7-6(9)8-5/h5H,2-4H2,1H3,(H2,7,8,9)/t5-/m0/s1. The van der Waals surface area contributed by atoms with E-state index in [1.807, 2.05) is 0 Å². The van der Waals surface area contributed by atoms with Gasteiger partial charge in [-0.3, -0.25) is 0 Å². The third kappa shape index (κ3) is 1.59. The zero-order chi connectivity index (χ0) is 6.69. The molecule has 2 amide bonds. The highest BCUT2D eigenvalue weighted by Gasteiger charge is 2.17. The van der Waals surface area contributed by atoms with Crippen LogP contribution in [0.2, 0.25) is 0 Å². The van der Waals surface area contributed by atoms with Crippen LogP contribution in [0.5, 0.6) is 0 Å². The maximum Gasteiger partial charge on any atom is 0.315 e. The zero-order valence-electron chi connectivity index (χ0n) is 5.61. The molecule has 1 aliphatic rings. The van der Waals surface area contributed by atoms with Gasteiger partial charge in [-0.05, 0) is 6.42 Å². The summed E-state index contributed by atoms with van der Waals surface area (Å²) in [6.45, 7) is 2.91. The molecule has 0 saturated carbocycles. The minimum Gasteiger partial charge on any atom is -0.336 e. The van der Waals surface area contributed by atoms with Crippen molar-refractivity contribution in [1.82, 2.24) is 10.6 Å². The van der Waals surface area contributed by atoms with Gasteiger partial charge in [0.25, 0.3) is 0 Å². The molecule has 0 spiro atoms. The minimum absolute atomic E-state index is 0.0200. The molecule has 1 saturated heterocycles. The fourth-order valence-corrected chi connectivity index (χ4v) is 1.03. The highest BCUT2D eigenvalue weighted by atomic mass is 16.2. The molecule has 1 rings (SSSR count). The maximum absolute atomic E-state index is 10.5. The Balaban J connectivity index is 2.22. The summed E-state index contributed by atoms with van der Waals surface area (Å²) in [5, 5.41) is 5.51. The summed E-state index contributed by atoms with van der Waals surface area (Å²) in [7, 11) is 0. The van der Waals surface area contributed by atoms with Crippen molar-refractivity contribution in [3.05, 3.63) is 0 Å². The van der Waals surface area contributed by atoms with E-state index in [1.165, 1.54) is 0 Å². The Bertz CT molecular complexity index is 114. The van der Waals surface area contributed by atoms with Crippen LogP contribution >= 0.6 is 0 Å². The van der Waals surface area contributed by atoms with Crippen molar-refractivity contribution in [2.45, 2.75) is 25.8 Å². The summed E-state index contributed by atoms with van der Waals surface area (Å²) in [4.78, 5) is 10.5. The lowest BCUT2D eigenvalue weighted by Gasteiger charge is -2.03. The van der Waals surface area contributed by atoms with E-state index in [4.69, 9.17) is 0 Å². The van der Waals surface area contributed by atoms with Crippen LogP contribution in [0, 0.1) is 0 Å². The normalized spacial score (nSPS) is 25.4. The maximum atomic E-state index is 10.5. The molecular formula is C6H12N2O. The highest BCUT2D eigenvalue weighted by molar-refractivity contribution is 5.76. The van der Waals surface area contributed by atoms with Crippen LogP contribution in [0.1, 0.15) is 19.8 Å². The highest BCUT2D eigenvalue weighted by Crippen LogP contribution is 1.98. The van der Waals surface area contributed by atoms with Crippen molar-refractivity contribution in [1.29, 1.82) is 0 Å². The second-order valence-corrected chi connectivity index (χ2v) is 2.34. The van der Waals surface area contributed by atoms with Crippen LogP contribution in [0.15, 0.2) is 0 Å². The number of amides is 2. The third-order valence-corrected chi connectivity index (χ3v) is 1.48. The van der Waals surface area contributed by atoms with Crippen molar-refractivity contribution >= 4 is 6.03 Å². The van der Waals surface area contributed by atoms with Crippen molar-refractivity contribution in [2.24, 2.45) is 0 Å². The lowest BCUT2D eigenvalue weighted by atomic mass is 10.2. The van der Waals surface area contributed by atoms with E-state index in [9.17, 15) is 4.79 Å². The van der Waals surface area contributed by atoms with Crippen LogP contribution in [-0.2, 0) is 0 Å². The molecule has 1 aliphatic heterocycles. The molecule has 0 radical (unpaired) electrons. The van der Waals surface area contributed by atoms with Crippen molar-refractivity contribution in [3.8, 4) is 0 Å². The van der Waals surface area contributed by atoms with Gasteiger partial charge >= 0.3 is 6.03 Å². The zero-order valence-corrected chi connectivity index (χ0v) is 5.61. The Morgan fingerprint density at radius 1 is 1.78 bits per heavy atom. The predicted octanol–water partition coefficient (Wildman–Crippen LogP) is 0.468. The van der Waals surface area contributed by atoms with Gasteiger partial charge in [0.2, 0.25) is 0 Å². The molecule has 0 unspecified atom stereocenters. The van der Waals surface area contributed by atoms with Crippen LogP contribution in [0.3, 0.4) is 0 Å². The van der Waals surface area contributed by atoms with E-state index in [2.05, 4.69) is 17.6 Å². The van der Waals surface area contributed by atoms with Gasteiger partial charge in [-0.2, -0.15) is 0 Å². The van der Waals surface area contributed by atoms with Crippen LogP contribution in [-0.4, -0.2) is 18.6 Å². The molecule has 0 bridgehead atoms. The molecule has 2 N–H and O–H groups in total. The Labute approximate surface area is 54.8 Å². The SMILES string of the molecule is CCC[C@H]1CNC(=O)N1. The molecule has 9 heavy (non-hydrogen) atoms. The van der Waals surface area contributed by atoms with Crippen molar-refractivity contribution in [2.75, 3.05) is 6.54 Å². The van der Waals surface area contributed by atoms with Gasteiger partial charge in [0.15, 0.2) is 0 Å². The smallest absolute Gasteiger partial charge is 0.315 e. The molecule has 0 aromatic rings. The summed E-state index contributed by atoms with van der Waals surface area (Å²) in [6, 6.07) is 0.357. The first-order chi connectivity index (χ1) is 4.33. The van der Waals surface area contributed by atoms with Crippen LogP contribution in [0.4, 0.5) is 4.79 Å². The lowest BCUT2D eigenvalue weighted by Crippen LogP contribution is -2.26. The van der Waals surface area contributed by atoms with Crippen LogP contribution < -0.4 is 10.6 Å². The molecule has 1 fully saturated rings. The number of hydrogen-bond acceptors (Lipinski definition) is 1. The molecule has 1 heterocycles. The topological polar surface area (TPSA) is 41.1 Å². The summed E-state index contributed by atoms with van der Waals surface area (Å²) in [6.07, 6.45) is 2.21. The summed E-state index contributed by atoms with van der Waals surface area (Å²) < 4.78 is 0. The van der Waals surface area contributed by atoms with E-state index >= 15 is 0 Å². The average Bonchev–Trinajstić information content (AvgIpc) is 2.17. The second kappa shape index (κ2) is 2.71. The number of carbonyl (C=O) groups excluding carboxylic acids is 1. The van der Waals surface area contributed by atoms with Gasteiger partial charge in [-0.25, -0.2) is 4.79 Å². The monoisotopic (exact) mass is 128 g/mol. The Morgan fingerprint density at radius 2 is 2.56 bits per heavy atom. The summed E-state index contributed by atoms with van der Waals surface area (Å²) in [5.41, 5.74) is 0. The molecule has 52 valence electrons. The number of urea groups is 1. The minimum atomic E-state index is -0.0200. The Hall–Kier alpha value is -0.730. The number of nitrogens with one attached hydrogen (secondary N) is 2. The molecule has 1 atom stereocenters. The van der Waals surface area contributed by atoms with Crippen LogP contribution in [0.25, 0.3) is 0 Å².